The van der Waals surface area contributed by atoms with E-state index >= 15 is 0 Å². The second-order valence-electron chi connectivity index (χ2n) is 12.9. The van der Waals surface area contributed by atoms with E-state index in [0.29, 0.717) is 24.9 Å². The van der Waals surface area contributed by atoms with Crippen LogP contribution in [0.4, 0.5) is 0 Å². The topological polar surface area (TPSA) is 71.1 Å². The third kappa shape index (κ3) is 4.61. The molecule has 1 N–H and O–H groups in total. The summed E-state index contributed by atoms with van der Waals surface area (Å²) < 4.78 is 13.6. The zero-order valence-electron chi connectivity index (χ0n) is 24.7. The number of amides is 2. The maximum absolute atomic E-state index is 14.2. The average molecular weight is 566 g/mol. The fourth-order valence-electron chi connectivity index (χ4n) is 7.64. The minimum Gasteiger partial charge on any atom is -0.448 e. The molecule has 3 aliphatic heterocycles. The highest BCUT2D eigenvalue weighted by Crippen LogP contribution is 2.55. The minimum atomic E-state index is -0.756. The highest BCUT2D eigenvalue weighted by molar-refractivity contribution is 7.08. The van der Waals surface area contributed by atoms with Gasteiger partial charge in [0.2, 0.25) is 5.91 Å². The van der Waals surface area contributed by atoms with Gasteiger partial charge in [-0.15, -0.1) is 0 Å². The summed E-state index contributed by atoms with van der Waals surface area (Å²) >= 11 is 1.65. The van der Waals surface area contributed by atoms with Crippen molar-refractivity contribution in [2.75, 3.05) is 27.2 Å². The summed E-state index contributed by atoms with van der Waals surface area (Å²) in [6.45, 7) is 9.32. The normalized spacial score (nSPS) is 31.9. The number of fused-ring (bicyclic) bond motifs is 2. The molecule has 4 heterocycles. The number of rotatable bonds is 5. The fourth-order valence-corrected chi connectivity index (χ4v) is 8.28. The molecule has 1 saturated carbocycles. The van der Waals surface area contributed by atoms with Gasteiger partial charge in [0.25, 0.3) is 11.7 Å². The van der Waals surface area contributed by atoms with E-state index in [9.17, 15) is 9.59 Å². The van der Waals surface area contributed by atoms with Crippen molar-refractivity contribution in [3.8, 4) is 22.6 Å². The van der Waals surface area contributed by atoms with Crippen LogP contribution in [-0.2, 0) is 11.2 Å². The second-order valence-corrected chi connectivity index (χ2v) is 13.7. The van der Waals surface area contributed by atoms with E-state index in [1.807, 2.05) is 18.7 Å². The van der Waals surface area contributed by atoms with Crippen LogP contribution in [0, 0.1) is 24.7 Å². The molecular formula is C32H43N3O4S. The van der Waals surface area contributed by atoms with Crippen LogP contribution >= 0.6 is 11.3 Å². The highest BCUT2D eigenvalue weighted by atomic mass is 32.1. The van der Waals surface area contributed by atoms with Gasteiger partial charge in [0, 0.05) is 49.1 Å². The van der Waals surface area contributed by atoms with Gasteiger partial charge < -0.3 is 24.6 Å². The van der Waals surface area contributed by atoms with Crippen LogP contribution in [0.5, 0.6) is 11.5 Å². The molecule has 0 radical (unpaired) electrons. The van der Waals surface area contributed by atoms with Crippen molar-refractivity contribution < 1.29 is 19.1 Å². The van der Waals surface area contributed by atoms with Crippen molar-refractivity contribution in [2.24, 2.45) is 17.8 Å². The molecule has 3 unspecified atom stereocenters. The average Bonchev–Trinajstić information content (AvgIpc) is 3.56. The Morgan fingerprint density at radius 2 is 1.82 bits per heavy atom. The maximum Gasteiger partial charge on any atom is 0.254 e. The quantitative estimate of drug-likeness (QED) is 0.519. The predicted octanol–water partition coefficient (Wildman–Crippen LogP) is 5.49. The predicted molar refractivity (Wildman–Crippen MR) is 158 cm³/mol. The number of thiophene rings is 1. The largest absolute Gasteiger partial charge is 0.448 e. The summed E-state index contributed by atoms with van der Waals surface area (Å²) in [5.74, 6) is 1.14. The SMILES string of the molecule is Cc1c2c(c(-c3ccsc3)c3c1C(=O)N(CC1C(=O)NC(C)CC1C)CC3)O[C@](C)(C1CCC(N(C)C)CC1)O2. The van der Waals surface area contributed by atoms with E-state index in [-0.39, 0.29) is 35.6 Å². The number of nitrogens with one attached hydrogen (secondary N) is 1. The molecule has 0 bridgehead atoms. The van der Waals surface area contributed by atoms with E-state index in [2.05, 4.69) is 55.0 Å². The molecule has 2 aromatic rings. The van der Waals surface area contributed by atoms with Gasteiger partial charge in [0.15, 0.2) is 11.5 Å². The lowest BCUT2D eigenvalue weighted by molar-refractivity contribution is -0.130. The zero-order valence-corrected chi connectivity index (χ0v) is 25.5. The lowest BCUT2D eigenvalue weighted by Gasteiger charge is -2.39. The summed E-state index contributed by atoms with van der Waals surface area (Å²) in [4.78, 5) is 31.3. The molecular weight excluding hydrogens is 522 g/mol. The number of ether oxygens (including phenoxy) is 2. The monoisotopic (exact) mass is 565 g/mol. The van der Waals surface area contributed by atoms with E-state index in [0.717, 1.165) is 72.1 Å². The second kappa shape index (κ2) is 10.4. The Morgan fingerprint density at radius 3 is 2.48 bits per heavy atom. The van der Waals surface area contributed by atoms with Crippen LogP contribution < -0.4 is 14.8 Å². The van der Waals surface area contributed by atoms with Gasteiger partial charge in [0.05, 0.1) is 11.5 Å². The molecule has 4 atom stereocenters. The number of hydrogen-bond donors (Lipinski definition) is 1. The van der Waals surface area contributed by atoms with Crippen molar-refractivity contribution in [3.05, 3.63) is 33.5 Å². The first-order valence-corrected chi connectivity index (χ1v) is 15.9. The Bertz CT molecular complexity index is 1300. The summed E-state index contributed by atoms with van der Waals surface area (Å²) in [6, 6.07) is 2.89. The van der Waals surface area contributed by atoms with Crippen molar-refractivity contribution in [3.63, 3.8) is 0 Å². The number of carbonyl (C=O) groups excluding carboxylic acids is 2. The Hall–Kier alpha value is -2.58. The molecule has 2 amide bonds. The summed E-state index contributed by atoms with van der Waals surface area (Å²) in [5.41, 5.74) is 4.73. The van der Waals surface area contributed by atoms with Crippen LogP contribution in [0.2, 0.25) is 0 Å². The molecule has 7 nitrogen and oxygen atoms in total. The lowest BCUT2D eigenvalue weighted by atomic mass is 9.81. The number of piperidine rings is 1. The zero-order chi connectivity index (χ0) is 28.3. The van der Waals surface area contributed by atoms with Crippen molar-refractivity contribution in [2.45, 2.75) is 84.1 Å². The molecule has 40 heavy (non-hydrogen) atoms. The Balaban J connectivity index is 1.34. The van der Waals surface area contributed by atoms with Crippen LogP contribution in [-0.4, -0.2) is 66.7 Å². The van der Waals surface area contributed by atoms with E-state index in [1.165, 1.54) is 0 Å². The maximum atomic E-state index is 14.2. The number of carbonyl (C=O) groups is 2. The first kappa shape index (κ1) is 27.6. The van der Waals surface area contributed by atoms with E-state index in [1.54, 1.807) is 11.3 Å². The summed E-state index contributed by atoms with van der Waals surface area (Å²) in [7, 11) is 4.32. The fraction of sp³-hybridized carbons (Fsp3) is 0.625. The number of nitrogens with zero attached hydrogens (tertiary/aromatic N) is 2. The van der Waals surface area contributed by atoms with E-state index < -0.39 is 5.79 Å². The first-order chi connectivity index (χ1) is 19.1. The minimum absolute atomic E-state index is 0.000320. The molecule has 0 spiro atoms. The van der Waals surface area contributed by atoms with Gasteiger partial charge in [-0.05, 0) is 100 Å². The molecule has 2 fully saturated rings. The van der Waals surface area contributed by atoms with Crippen molar-refractivity contribution in [1.29, 1.82) is 0 Å². The molecule has 8 heteroatoms. The Kier molecular flexibility index (Phi) is 7.14. The van der Waals surface area contributed by atoms with Crippen LogP contribution in [0.15, 0.2) is 16.8 Å². The van der Waals surface area contributed by atoms with Gasteiger partial charge in [0.1, 0.15) is 0 Å². The van der Waals surface area contributed by atoms with Crippen LogP contribution in [0.1, 0.15) is 74.4 Å². The molecule has 1 aliphatic carbocycles. The van der Waals surface area contributed by atoms with E-state index in [4.69, 9.17) is 9.47 Å². The lowest BCUT2D eigenvalue weighted by Crippen LogP contribution is -2.52. The molecule has 6 rings (SSSR count). The highest BCUT2D eigenvalue weighted by Gasteiger charge is 2.49. The standard InChI is InChI=1S/C32H43N3O4S/c1-18-15-19(2)33-30(36)25(18)16-35-13-11-24-26(31(35)37)20(3)28-29(27(24)21-12-14-40-17-21)39-32(4,38-28)22-7-9-23(10-8-22)34(5)6/h12,14,17-19,22-23,25H,7-11,13,15-16H2,1-6H3,(H,33,36)/t18?,19?,22?,23?,25?,32-/m1/s1. The summed E-state index contributed by atoms with van der Waals surface area (Å²) in [5, 5.41) is 7.30. The van der Waals surface area contributed by atoms with Crippen LogP contribution in [0.3, 0.4) is 0 Å². The first-order valence-electron chi connectivity index (χ1n) is 14.9. The molecule has 1 aromatic heterocycles. The summed E-state index contributed by atoms with van der Waals surface area (Å²) in [6.07, 6.45) is 6.02. The molecule has 216 valence electrons. The molecule has 1 aromatic carbocycles. The van der Waals surface area contributed by atoms with Crippen LogP contribution in [0.25, 0.3) is 11.1 Å². The van der Waals surface area contributed by atoms with Gasteiger partial charge in [-0.3, -0.25) is 9.59 Å². The third-order valence-electron chi connectivity index (χ3n) is 10.0. The van der Waals surface area contributed by atoms with Crippen molar-refractivity contribution >= 4 is 23.2 Å². The molecule has 4 aliphatic rings. The van der Waals surface area contributed by atoms with Crippen molar-refractivity contribution in [1.82, 2.24) is 15.1 Å². The van der Waals surface area contributed by atoms with Gasteiger partial charge >= 0.3 is 0 Å². The molecule has 1 saturated heterocycles. The smallest absolute Gasteiger partial charge is 0.254 e. The van der Waals surface area contributed by atoms with Gasteiger partial charge in [-0.25, -0.2) is 0 Å². The Labute approximate surface area is 242 Å². The van der Waals surface area contributed by atoms with Gasteiger partial charge in [-0.1, -0.05) is 6.92 Å². The third-order valence-corrected chi connectivity index (χ3v) is 10.7. The number of hydrogen-bond acceptors (Lipinski definition) is 6. The Morgan fingerprint density at radius 1 is 1.10 bits per heavy atom. The van der Waals surface area contributed by atoms with Gasteiger partial charge in [-0.2, -0.15) is 11.3 Å². The number of benzene rings is 1.